The van der Waals surface area contributed by atoms with Crippen LogP contribution >= 0.6 is 15.9 Å². The monoisotopic (exact) mass is 261 g/mol. The van der Waals surface area contributed by atoms with Crippen LogP contribution in [0.4, 0.5) is 4.39 Å². The maximum absolute atomic E-state index is 13.5. The lowest BCUT2D eigenvalue weighted by Crippen LogP contribution is -2.13. The largest absolute Gasteiger partial charge is 0.387 e. The van der Waals surface area contributed by atoms with Crippen LogP contribution in [0.2, 0.25) is 0 Å². The molecule has 1 aromatic rings. The van der Waals surface area contributed by atoms with Crippen molar-refractivity contribution in [3.05, 3.63) is 33.0 Å². The standard InChI is InChI=1S/C10H13BrFNO/c1-5-3-7(8(14)4-13)6(2)10(12)9(5)11/h3,8,14H,4,13H2,1-2H3. The molecule has 0 amide bonds. The molecule has 0 aliphatic heterocycles. The molecule has 0 radical (unpaired) electrons. The molecule has 14 heavy (non-hydrogen) atoms. The second-order valence-electron chi connectivity index (χ2n) is 3.29. The summed E-state index contributed by atoms with van der Waals surface area (Å²) in [5.74, 6) is -0.326. The number of hydrogen-bond donors (Lipinski definition) is 2. The fourth-order valence-electron chi connectivity index (χ4n) is 1.34. The van der Waals surface area contributed by atoms with Crippen molar-refractivity contribution in [2.75, 3.05) is 6.54 Å². The zero-order chi connectivity index (χ0) is 10.9. The predicted molar refractivity (Wildman–Crippen MR) is 57.6 cm³/mol. The van der Waals surface area contributed by atoms with E-state index >= 15 is 0 Å². The summed E-state index contributed by atoms with van der Waals surface area (Å²) >= 11 is 3.15. The van der Waals surface area contributed by atoms with Crippen molar-refractivity contribution in [3.63, 3.8) is 0 Å². The minimum absolute atomic E-state index is 0.0986. The smallest absolute Gasteiger partial charge is 0.140 e. The van der Waals surface area contributed by atoms with Crippen LogP contribution in [0.25, 0.3) is 0 Å². The average molecular weight is 262 g/mol. The average Bonchev–Trinajstić information content (AvgIpc) is 2.19. The Morgan fingerprint density at radius 3 is 2.64 bits per heavy atom. The van der Waals surface area contributed by atoms with Crippen LogP contribution in [0, 0.1) is 19.7 Å². The van der Waals surface area contributed by atoms with Gasteiger partial charge in [0.1, 0.15) is 5.82 Å². The lowest BCUT2D eigenvalue weighted by atomic mass is 10.0. The van der Waals surface area contributed by atoms with Gasteiger partial charge in [-0.25, -0.2) is 4.39 Å². The Labute approximate surface area is 91.1 Å². The van der Waals surface area contributed by atoms with Gasteiger partial charge in [-0.2, -0.15) is 0 Å². The van der Waals surface area contributed by atoms with E-state index in [9.17, 15) is 9.50 Å². The van der Waals surface area contributed by atoms with Crippen molar-refractivity contribution in [1.82, 2.24) is 0 Å². The third-order valence-electron chi connectivity index (χ3n) is 2.26. The third-order valence-corrected chi connectivity index (χ3v) is 3.23. The van der Waals surface area contributed by atoms with Crippen LogP contribution in [-0.4, -0.2) is 11.7 Å². The minimum Gasteiger partial charge on any atom is -0.387 e. The molecule has 78 valence electrons. The summed E-state index contributed by atoms with van der Waals surface area (Å²) in [5, 5.41) is 9.54. The van der Waals surface area contributed by atoms with Crippen LogP contribution in [0.3, 0.4) is 0 Å². The number of rotatable bonds is 2. The quantitative estimate of drug-likeness (QED) is 0.858. The highest BCUT2D eigenvalue weighted by atomic mass is 79.9. The number of aliphatic hydroxyl groups is 1. The summed E-state index contributed by atoms with van der Waals surface area (Å²) in [5.41, 5.74) is 7.09. The van der Waals surface area contributed by atoms with Crippen molar-refractivity contribution in [2.24, 2.45) is 5.73 Å². The Kier molecular flexibility index (Phi) is 3.64. The summed E-state index contributed by atoms with van der Waals surface area (Å²) in [6.45, 7) is 3.51. The molecule has 0 spiro atoms. The number of hydrogen-bond acceptors (Lipinski definition) is 2. The molecule has 0 saturated heterocycles. The fourth-order valence-corrected chi connectivity index (χ4v) is 1.75. The molecule has 2 nitrogen and oxygen atoms in total. The van der Waals surface area contributed by atoms with Crippen LogP contribution in [0.5, 0.6) is 0 Å². The summed E-state index contributed by atoms with van der Waals surface area (Å²) in [6.07, 6.45) is -0.795. The van der Waals surface area contributed by atoms with Crippen LogP contribution in [-0.2, 0) is 0 Å². The summed E-state index contributed by atoms with van der Waals surface area (Å²) in [4.78, 5) is 0. The van der Waals surface area contributed by atoms with Crippen molar-refractivity contribution < 1.29 is 9.50 Å². The topological polar surface area (TPSA) is 46.2 Å². The molecule has 0 heterocycles. The van der Waals surface area contributed by atoms with Crippen molar-refractivity contribution in [3.8, 4) is 0 Å². The maximum Gasteiger partial charge on any atom is 0.140 e. The van der Waals surface area contributed by atoms with E-state index in [0.717, 1.165) is 5.56 Å². The molecule has 1 atom stereocenters. The van der Waals surface area contributed by atoms with Gasteiger partial charge in [-0.05, 0) is 46.5 Å². The molecule has 0 aromatic heterocycles. The molecule has 3 N–H and O–H groups in total. The van der Waals surface area contributed by atoms with Crippen LogP contribution in [0.15, 0.2) is 10.5 Å². The molecule has 1 rings (SSSR count). The fraction of sp³-hybridized carbons (Fsp3) is 0.400. The van der Waals surface area contributed by atoms with Gasteiger partial charge < -0.3 is 10.8 Å². The normalized spacial score (nSPS) is 13.0. The Bertz CT molecular complexity index is 354. The summed E-state index contributed by atoms with van der Waals surface area (Å²) in [7, 11) is 0. The Morgan fingerprint density at radius 2 is 2.14 bits per heavy atom. The number of nitrogens with two attached hydrogens (primary N) is 1. The third kappa shape index (κ3) is 1.97. The van der Waals surface area contributed by atoms with Gasteiger partial charge in [0.25, 0.3) is 0 Å². The summed E-state index contributed by atoms with van der Waals surface area (Å²) < 4.78 is 14.0. The number of aliphatic hydroxyl groups excluding tert-OH is 1. The summed E-state index contributed by atoms with van der Waals surface area (Å²) in [6, 6.07) is 1.75. The molecule has 4 heteroatoms. The lowest BCUT2D eigenvalue weighted by molar-refractivity contribution is 0.185. The molecule has 1 aromatic carbocycles. The van der Waals surface area contributed by atoms with E-state index in [4.69, 9.17) is 5.73 Å². The van der Waals surface area contributed by atoms with Crippen molar-refractivity contribution >= 4 is 15.9 Å². The molecule has 0 aliphatic carbocycles. The first-order valence-corrected chi connectivity index (χ1v) is 5.11. The van der Waals surface area contributed by atoms with E-state index in [0.29, 0.717) is 15.6 Å². The van der Waals surface area contributed by atoms with Crippen LogP contribution < -0.4 is 5.73 Å². The van der Waals surface area contributed by atoms with E-state index in [1.54, 1.807) is 19.9 Å². The highest BCUT2D eigenvalue weighted by Gasteiger charge is 2.15. The Hall–Kier alpha value is -0.450. The maximum atomic E-state index is 13.5. The first kappa shape index (κ1) is 11.6. The lowest BCUT2D eigenvalue weighted by Gasteiger charge is -2.14. The first-order chi connectivity index (χ1) is 6.49. The highest BCUT2D eigenvalue weighted by Crippen LogP contribution is 2.28. The first-order valence-electron chi connectivity index (χ1n) is 4.32. The zero-order valence-electron chi connectivity index (χ0n) is 8.14. The van der Waals surface area contributed by atoms with E-state index in [2.05, 4.69) is 15.9 Å². The van der Waals surface area contributed by atoms with Gasteiger partial charge in [-0.15, -0.1) is 0 Å². The number of aryl methyl sites for hydroxylation is 1. The Morgan fingerprint density at radius 1 is 1.57 bits per heavy atom. The number of halogens is 2. The van der Waals surface area contributed by atoms with Gasteiger partial charge in [0.2, 0.25) is 0 Å². The highest BCUT2D eigenvalue weighted by molar-refractivity contribution is 9.10. The van der Waals surface area contributed by atoms with E-state index in [1.807, 2.05) is 0 Å². The molecule has 0 aliphatic rings. The van der Waals surface area contributed by atoms with Gasteiger partial charge in [0.05, 0.1) is 10.6 Å². The van der Waals surface area contributed by atoms with E-state index < -0.39 is 6.10 Å². The van der Waals surface area contributed by atoms with Crippen molar-refractivity contribution in [2.45, 2.75) is 20.0 Å². The second-order valence-corrected chi connectivity index (χ2v) is 4.08. The van der Waals surface area contributed by atoms with Gasteiger partial charge >= 0.3 is 0 Å². The Balaban J connectivity index is 3.33. The minimum atomic E-state index is -0.795. The van der Waals surface area contributed by atoms with Crippen LogP contribution in [0.1, 0.15) is 22.8 Å². The molecule has 0 saturated carbocycles. The van der Waals surface area contributed by atoms with Gasteiger partial charge in [0, 0.05) is 6.54 Å². The molecule has 0 bridgehead atoms. The molecule has 1 unspecified atom stereocenters. The SMILES string of the molecule is Cc1cc(C(O)CN)c(C)c(F)c1Br. The van der Waals surface area contributed by atoms with E-state index in [-0.39, 0.29) is 12.4 Å². The molecular formula is C10H13BrFNO. The van der Waals surface area contributed by atoms with E-state index in [1.165, 1.54) is 0 Å². The van der Waals surface area contributed by atoms with Gasteiger partial charge in [0.15, 0.2) is 0 Å². The van der Waals surface area contributed by atoms with Crippen molar-refractivity contribution in [1.29, 1.82) is 0 Å². The van der Waals surface area contributed by atoms with Gasteiger partial charge in [-0.3, -0.25) is 0 Å². The number of benzene rings is 1. The molecule has 0 fully saturated rings. The zero-order valence-corrected chi connectivity index (χ0v) is 9.73. The predicted octanol–water partition coefficient (Wildman–Crippen LogP) is 2.20. The molecular weight excluding hydrogens is 249 g/mol. The van der Waals surface area contributed by atoms with Gasteiger partial charge in [-0.1, -0.05) is 6.07 Å². The second kappa shape index (κ2) is 4.38.